The van der Waals surface area contributed by atoms with Crippen molar-refractivity contribution in [3.05, 3.63) is 46.6 Å². The highest BCUT2D eigenvalue weighted by atomic mass is 35.5. The Bertz CT molecular complexity index is 745. The van der Waals surface area contributed by atoms with Gasteiger partial charge in [-0.15, -0.1) is 5.10 Å². The van der Waals surface area contributed by atoms with Gasteiger partial charge < -0.3 is 14.5 Å². The minimum atomic E-state index is -0.103. The first-order valence-electron chi connectivity index (χ1n) is 7.65. The summed E-state index contributed by atoms with van der Waals surface area (Å²) >= 11 is 6.02. The molecule has 0 bridgehead atoms. The number of ether oxygens (including phenoxy) is 1. The van der Waals surface area contributed by atoms with Crippen molar-refractivity contribution in [2.75, 3.05) is 32.1 Å². The zero-order valence-corrected chi connectivity index (χ0v) is 14.6. The summed E-state index contributed by atoms with van der Waals surface area (Å²) in [6, 6.07) is 9.05. The highest BCUT2D eigenvalue weighted by Crippen LogP contribution is 2.27. The molecule has 0 aliphatic carbocycles. The van der Waals surface area contributed by atoms with Crippen LogP contribution < -0.4 is 9.64 Å². The standard InChI is InChI=1S/C17H19ClN4O2/c1-11-4-7-16(20-19-11)22-9-13(10-22)21(2)17(23)14-8-12(18)5-6-15(14)24-3/h4-8,13H,9-10H2,1-3H3. The highest BCUT2D eigenvalue weighted by Gasteiger charge is 2.34. The molecule has 0 unspecified atom stereocenters. The Labute approximate surface area is 146 Å². The molecule has 24 heavy (non-hydrogen) atoms. The number of carbonyl (C=O) groups excluding carboxylic acids is 1. The third-order valence-corrected chi connectivity index (χ3v) is 4.47. The predicted molar refractivity (Wildman–Crippen MR) is 92.9 cm³/mol. The van der Waals surface area contributed by atoms with Crippen LogP contribution in [-0.2, 0) is 0 Å². The van der Waals surface area contributed by atoms with E-state index in [-0.39, 0.29) is 11.9 Å². The minimum absolute atomic E-state index is 0.103. The Morgan fingerprint density at radius 1 is 1.29 bits per heavy atom. The zero-order valence-electron chi connectivity index (χ0n) is 13.9. The summed E-state index contributed by atoms with van der Waals surface area (Å²) in [7, 11) is 3.34. The molecule has 1 fully saturated rings. The van der Waals surface area contributed by atoms with Crippen molar-refractivity contribution >= 4 is 23.3 Å². The molecule has 126 valence electrons. The van der Waals surface area contributed by atoms with Crippen molar-refractivity contribution in [3.8, 4) is 5.75 Å². The monoisotopic (exact) mass is 346 g/mol. The quantitative estimate of drug-likeness (QED) is 0.850. The lowest BCUT2D eigenvalue weighted by Gasteiger charge is -2.44. The van der Waals surface area contributed by atoms with Crippen LogP contribution >= 0.6 is 11.6 Å². The summed E-state index contributed by atoms with van der Waals surface area (Å²) < 4.78 is 5.27. The van der Waals surface area contributed by atoms with Crippen LogP contribution in [0.3, 0.4) is 0 Å². The third kappa shape index (κ3) is 3.14. The number of anilines is 1. The van der Waals surface area contributed by atoms with E-state index < -0.39 is 0 Å². The minimum Gasteiger partial charge on any atom is -0.496 e. The van der Waals surface area contributed by atoms with Gasteiger partial charge in [0.1, 0.15) is 5.75 Å². The number of methoxy groups -OCH3 is 1. The molecule has 0 spiro atoms. The number of halogens is 1. The van der Waals surface area contributed by atoms with Crippen molar-refractivity contribution in [1.29, 1.82) is 0 Å². The van der Waals surface area contributed by atoms with Gasteiger partial charge in [-0.05, 0) is 37.3 Å². The number of hydrogen-bond donors (Lipinski definition) is 0. The van der Waals surface area contributed by atoms with Crippen LogP contribution in [0, 0.1) is 6.92 Å². The zero-order chi connectivity index (χ0) is 17.3. The van der Waals surface area contributed by atoms with E-state index in [1.54, 1.807) is 37.3 Å². The number of rotatable bonds is 4. The van der Waals surface area contributed by atoms with Crippen LogP contribution in [0.5, 0.6) is 5.75 Å². The first-order valence-corrected chi connectivity index (χ1v) is 8.03. The molecule has 1 aliphatic heterocycles. The van der Waals surface area contributed by atoms with Gasteiger partial charge in [-0.2, -0.15) is 5.10 Å². The molecule has 1 aromatic heterocycles. The summed E-state index contributed by atoms with van der Waals surface area (Å²) in [5.74, 6) is 1.25. The molecule has 0 saturated carbocycles. The van der Waals surface area contributed by atoms with Gasteiger partial charge in [0.25, 0.3) is 5.91 Å². The van der Waals surface area contributed by atoms with E-state index in [0.29, 0.717) is 16.3 Å². The van der Waals surface area contributed by atoms with Crippen LogP contribution in [-0.4, -0.2) is 54.3 Å². The molecule has 2 heterocycles. The topological polar surface area (TPSA) is 58.6 Å². The normalized spacial score (nSPS) is 14.2. The maximum atomic E-state index is 12.7. The van der Waals surface area contributed by atoms with Gasteiger partial charge in [0.05, 0.1) is 24.4 Å². The fraction of sp³-hybridized carbons (Fsp3) is 0.353. The van der Waals surface area contributed by atoms with Crippen LogP contribution in [0.25, 0.3) is 0 Å². The summed E-state index contributed by atoms with van der Waals surface area (Å²) in [4.78, 5) is 16.6. The van der Waals surface area contributed by atoms with Crippen molar-refractivity contribution in [3.63, 3.8) is 0 Å². The molecule has 2 aromatic rings. The van der Waals surface area contributed by atoms with Crippen molar-refractivity contribution in [2.45, 2.75) is 13.0 Å². The van der Waals surface area contributed by atoms with E-state index in [4.69, 9.17) is 16.3 Å². The molecule has 1 saturated heterocycles. The van der Waals surface area contributed by atoms with Crippen molar-refractivity contribution in [2.24, 2.45) is 0 Å². The van der Waals surface area contributed by atoms with Crippen LogP contribution in [0.2, 0.25) is 5.02 Å². The first-order chi connectivity index (χ1) is 11.5. The Morgan fingerprint density at radius 2 is 2.04 bits per heavy atom. The van der Waals surface area contributed by atoms with Gasteiger partial charge in [0.2, 0.25) is 0 Å². The van der Waals surface area contributed by atoms with E-state index in [9.17, 15) is 4.79 Å². The fourth-order valence-electron chi connectivity index (χ4n) is 2.65. The Morgan fingerprint density at radius 3 is 2.67 bits per heavy atom. The number of nitrogens with zero attached hydrogens (tertiary/aromatic N) is 4. The number of amides is 1. The maximum absolute atomic E-state index is 12.7. The lowest BCUT2D eigenvalue weighted by molar-refractivity contribution is 0.0701. The largest absolute Gasteiger partial charge is 0.496 e. The van der Waals surface area contributed by atoms with Crippen LogP contribution in [0.4, 0.5) is 5.82 Å². The molecule has 7 heteroatoms. The SMILES string of the molecule is COc1ccc(Cl)cc1C(=O)N(C)C1CN(c2ccc(C)nn2)C1. The first kappa shape index (κ1) is 16.5. The van der Waals surface area contributed by atoms with E-state index in [2.05, 4.69) is 15.1 Å². The maximum Gasteiger partial charge on any atom is 0.257 e. The molecule has 6 nitrogen and oxygen atoms in total. The van der Waals surface area contributed by atoms with Gasteiger partial charge in [-0.1, -0.05) is 11.6 Å². The average Bonchev–Trinajstić information content (AvgIpc) is 2.54. The number of carbonyl (C=O) groups is 1. The van der Waals surface area contributed by atoms with E-state index in [1.165, 1.54) is 0 Å². The van der Waals surface area contributed by atoms with E-state index in [0.717, 1.165) is 24.6 Å². The lowest BCUT2D eigenvalue weighted by Crippen LogP contribution is -2.60. The predicted octanol–water partition coefficient (Wildman–Crippen LogP) is 2.41. The van der Waals surface area contributed by atoms with Crippen LogP contribution in [0.1, 0.15) is 16.1 Å². The third-order valence-electron chi connectivity index (χ3n) is 4.23. The molecule has 3 rings (SSSR count). The molecule has 0 N–H and O–H groups in total. The second kappa shape index (κ2) is 6.65. The number of likely N-dealkylation sites (N-methyl/N-ethyl adjacent to an activating group) is 1. The van der Waals surface area contributed by atoms with Gasteiger partial charge in [-0.25, -0.2) is 0 Å². The smallest absolute Gasteiger partial charge is 0.257 e. The molecule has 1 amide bonds. The average molecular weight is 347 g/mol. The number of aromatic nitrogens is 2. The molecular formula is C17H19ClN4O2. The van der Waals surface area contributed by atoms with Gasteiger partial charge in [0, 0.05) is 25.2 Å². The molecule has 1 aliphatic rings. The second-order valence-corrected chi connectivity index (χ2v) is 6.29. The number of benzene rings is 1. The van der Waals surface area contributed by atoms with Crippen molar-refractivity contribution in [1.82, 2.24) is 15.1 Å². The second-order valence-electron chi connectivity index (χ2n) is 5.85. The summed E-state index contributed by atoms with van der Waals surface area (Å²) in [5.41, 5.74) is 1.36. The van der Waals surface area contributed by atoms with Gasteiger partial charge in [-0.3, -0.25) is 4.79 Å². The molecular weight excluding hydrogens is 328 g/mol. The van der Waals surface area contributed by atoms with E-state index in [1.807, 2.05) is 19.1 Å². The Balaban J connectivity index is 1.68. The Hall–Kier alpha value is -2.34. The molecule has 1 aromatic carbocycles. The van der Waals surface area contributed by atoms with Gasteiger partial charge >= 0.3 is 0 Å². The molecule has 0 atom stereocenters. The Kier molecular flexibility index (Phi) is 4.57. The number of hydrogen-bond acceptors (Lipinski definition) is 5. The van der Waals surface area contributed by atoms with Crippen molar-refractivity contribution < 1.29 is 9.53 Å². The summed E-state index contributed by atoms with van der Waals surface area (Å²) in [6.45, 7) is 3.35. The lowest BCUT2D eigenvalue weighted by atomic mass is 10.1. The highest BCUT2D eigenvalue weighted by molar-refractivity contribution is 6.31. The number of aryl methyl sites for hydroxylation is 1. The summed E-state index contributed by atoms with van der Waals surface area (Å²) in [6.07, 6.45) is 0. The molecule has 0 radical (unpaired) electrons. The van der Waals surface area contributed by atoms with Gasteiger partial charge in [0.15, 0.2) is 5.82 Å². The summed E-state index contributed by atoms with van der Waals surface area (Å²) in [5, 5.41) is 8.75. The fourth-order valence-corrected chi connectivity index (χ4v) is 2.82. The van der Waals surface area contributed by atoms with Crippen LogP contribution in [0.15, 0.2) is 30.3 Å². The van der Waals surface area contributed by atoms with E-state index >= 15 is 0 Å².